The zero-order chi connectivity index (χ0) is 36.1. The Balaban J connectivity index is 1.37. The van der Waals surface area contributed by atoms with Crippen LogP contribution in [0.3, 0.4) is 0 Å². The number of nitrogens with zero attached hydrogens (tertiary/aromatic N) is 4. The summed E-state index contributed by atoms with van der Waals surface area (Å²) < 4.78 is 32.8. The molecule has 50 heavy (non-hydrogen) atoms. The van der Waals surface area contributed by atoms with Gasteiger partial charge in [-0.15, -0.1) is 15.3 Å². The van der Waals surface area contributed by atoms with Crippen LogP contribution < -0.4 is 5.43 Å². The van der Waals surface area contributed by atoms with Crippen LogP contribution in [0.2, 0.25) is 0 Å². The zero-order valence-corrected chi connectivity index (χ0v) is 28.2. The number of aromatic amines is 1. The van der Waals surface area contributed by atoms with E-state index in [-0.39, 0.29) is 33.8 Å². The third kappa shape index (κ3) is 8.08. The smallest absolute Gasteiger partial charge is 0.303 e. The molecule has 4 aromatic rings. The van der Waals surface area contributed by atoms with E-state index in [0.717, 1.165) is 62.2 Å². The molecular weight excluding hydrogens is 678 g/mol. The van der Waals surface area contributed by atoms with Gasteiger partial charge in [-0.2, -0.15) is 5.01 Å². The number of benzene rings is 2. The summed E-state index contributed by atoms with van der Waals surface area (Å²) in [4.78, 5) is 77.1. The van der Waals surface area contributed by atoms with Gasteiger partial charge < -0.3 is 33.1 Å². The van der Waals surface area contributed by atoms with Crippen LogP contribution in [0.5, 0.6) is 0 Å². The molecule has 1 amide bonds. The van der Waals surface area contributed by atoms with Gasteiger partial charge in [-0.05, 0) is 11.5 Å². The van der Waals surface area contributed by atoms with E-state index in [4.69, 9.17) is 28.1 Å². The highest BCUT2D eigenvalue weighted by Crippen LogP contribution is 2.29. The van der Waals surface area contributed by atoms with Crippen molar-refractivity contribution in [3.05, 3.63) is 52.8 Å². The van der Waals surface area contributed by atoms with E-state index in [2.05, 4.69) is 20.3 Å². The summed E-state index contributed by atoms with van der Waals surface area (Å²) in [6.45, 7) is 4.87. The van der Waals surface area contributed by atoms with Crippen molar-refractivity contribution in [3.8, 4) is 11.5 Å². The van der Waals surface area contributed by atoms with Gasteiger partial charge in [0.15, 0.2) is 18.3 Å². The predicted molar refractivity (Wildman–Crippen MR) is 174 cm³/mol. The first kappa shape index (κ1) is 35.5. The second-order valence-electron chi connectivity index (χ2n) is 10.9. The molecule has 1 N–H and O–H groups in total. The topological polar surface area (TPSA) is 219 Å². The van der Waals surface area contributed by atoms with E-state index in [1.807, 2.05) is 30.3 Å². The van der Waals surface area contributed by atoms with Crippen LogP contribution in [0.4, 0.5) is 0 Å². The third-order valence-corrected chi connectivity index (χ3v) is 7.92. The summed E-state index contributed by atoms with van der Waals surface area (Å²) in [6, 6.07) is 11.2. The van der Waals surface area contributed by atoms with E-state index in [9.17, 15) is 28.8 Å². The van der Waals surface area contributed by atoms with Gasteiger partial charge in [0.1, 0.15) is 12.2 Å². The molecule has 0 saturated carbocycles. The second-order valence-corrected chi connectivity index (χ2v) is 11.8. The molecule has 1 aliphatic rings. The Labute approximate surface area is 287 Å². The number of H-pyrrole nitrogens is 1. The number of carbonyl (C=O) groups excluding carboxylic acids is 5. The van der Waals surface area contributed by atoms with Crippen LogP contribution >= 0.6 is 11.8 Å². The summed E-state index contributed by atoms with van der Waals surface area (Å²) >= 11 is 0.965. The van der Waals surface area contributed by atoms with Gasteiger partial charge in [0, 0.05) is 51.6 Å². The van der Waals surface area contributed by atoms with Crippen molar-refractivity contribution < 1.29 is 52.1 Å². The fourth-order valence-corrected chi connectivity index (χ4v) is 5.78. The summed E-state index contributed by atoms with van der Waals surface area (Å²) in [7, 11) is 0. The number of aromatic nitrogens is 3. The monoisotopic (exact) mass is 709 g/mol. The SMILES string of the molecule is CC(=O)OC[C@@H](OC(C)=O)[C@H](OC(C)=O)[C@@H](OC(C)=O)C1OC(CSc2nnc(-c3c[nH]c4c(ccc5ccccc54)c3=O)o2)=NN1C(C)=O. The summed E-state index contributed by atoms with van der Waals surface area (Å²) in [5.74, 6) is -4.15. The Morgan fingerprint density at radius 1 is 0.900 bits per heavy atom. The minimum absolute atomic E-state index is 0.0350. The number of fused-ring (bicyclic) bond motifs is 3. The van der Waals surface area contributed by atoms with Gasteiger partial charge >= 0.3 is 23.9 Å². The second kappa shape index (κ2) is 15.2. The maximum Gasteiger partial charge on any atom is 0.303 e. The molecule has 1 aliphatic heterocycles. The van der Waals surface area contributed by atoms with Gasteiger partial charge in [-0.3, -0.25) is 28.8 Å². The maximum atomic E-state index is 13.4. The Hall–Kier alpha value is -5.78. The Morgan fingerprint density at radius 2 is 1.62 bits per heavy atom. The number of nitrogens with one attached hydrogen (secondary N) is 1. The lowest BCUT2D eigenvalue weighted by molar-refractivity contribution is -0.205. The maximum absolute atomic E-state index is 13.4. The van der Waals surface area contributed by atoms with Gasteiger partial charge in [0.2, 0.25) is 23.5 Å². The lowest BCUT2D eigenvalue weighted by atomic mass is 10.0. The highest BCUT2D eigenvalue weighted by molar-refractivity contribution is 7.99. The quantitative estimate of drug-likeness (QED) is 0.0967. The molecule has 17 nitrogen and oxygen atoms in total. The molecule has 0 spiro atoms. The van der Waals surface area contributed by atoms with Crippen molar-refractivity contribution in [3.63, 3.8) is 0 Å². The van der Waals surface area contributed by atoms with E-state index in [1.54, 1.807) is 6.07 Å². The molecule has 0 aliphatic carbocycles. The van der Waals surface area contributed by atoms with Crippen molar-refractivity contribution in [2.45, 2.75) is 64.4 Å². The molecule has 3 heterocycles. The van der Waals surface area contributed by atoms with E-state index in [1.165, 1.54) is 6.20 Å². The first-order valence-electron chi connectivity index (χ1n) is 15.0. The van der Waals surface area contributed by atoms with Gasteiger partial charge in [0.05, 0.1) is 11.3 Å². The number of esters is 4. The predicted octanol–water partition coefficient (Wildman–Crippen LogP) is 2.70. The number of ether oxygens (including phenoxy) is 5. The van der Waals surface area contributed by atoms with Crippen molar-refractivity contribution in [1.82, 2.24) is 20.2 Å². The highest BCUT2D eigenvalue weighted by Gasteiger charge is 2.49. The number of pyridine rings is 1. The van der Waals surface area contributed by atoms with Gasteiger partial charge in [0.25, 0.3) is 11.1 Å². The number of rotatable bonds is 12. The molecule has 4 atom stereocenters. The van der Waals surface area contributed by atoms with Crippen LogP contribution in [-0.2, 0) is 47.7 Å². The molecule has 262 valence electrons. The van der Waals surface area contributed by atoms with E-state index in [0.29, 0.717) is 10.9 Å². The van der Waals surface area contributed by atoms with Crippen molar-refractivity contribution in [1.29, 1.82) is 0 Å². The fraction of sp³-hybridized carbons (Fsp3) is 0.344. The molecular formula is C32H31N5O12S. The molecule has 1 unspecified atom stereocenters. The molecule has 0 bridgehead atoms. The van der Waals surface area contributed by atoms with Gasteiger partial charge in [-0.1, -0.05) is 42.1 Å². The zero-order valence-electron chi connectivity index (χ0n) is 27.4. The number of carbonyl (C=O) groups is 5. The third-order valence-electron chi connectivity index (χ3n) is 7.12. The standard InChI is InChI=1S/C32H31N5O12S/c1-15(38)37-31(29(47-19(5)42)28(46-18(4)41)24(45-17(3)40)13-44-16(2)39)48-25(36-37)14-50-32-35-34-30(49-32)23-12-33-26-21-9-7-6-8-20(21)10-11-22(26)27(23)43/h6-12,24,28-29,31H,13-14H2,1-5H3,(H,33,43)/t24-,28+,29-,31?/m1/s1. The number of hydrogen-bond acceptors (Lipinski definition) is 16. The summed E-state index contributed by atoms with van der Waals surface area (Å²) in [5, 5.41) is 15.4. The highest BCUT2D eigenvalue weighted by atomic mass is 32.2. The van der Waals surface area contributed by atoms with Crippen LogP contribution in [0.15, 0.2) is 62.1 Å². The fourth-order valence-electron chi connectivity index (χ4n) is 5.17. The van der Waals surface area contributed by atoms with Crippen LogP contribution in [0.1, 0.15) is 34.6 Å². The minimum atomic E-state index is -1.63. The lowest BCUT2D eigenvalue weighted by Gasteiger charge is -2.35. The molecule has 5 rings (SSSR count). The van der Waals surface area contributed by atoms with Crippen molar-refractivity contribution >= 4 is 69.1 Å². The molecule has 2 aromatic heterocycles. The first-order valence-corrected chi connectivity index (χ1v) is 16.0. The number of hydrogen-bond donors (Lipinski definition) is 1. The van der Waals surface area contributed by atoms with Crippen molar-refractivity contribution in [2.75, 3.05) is 12.4 Å². The Bertz CT molecular complexity index is 2060. The van der Waals surface area contributed by atoms with E-state index < -0.39 is 60.9 Å². The summed E-state index contributed by atoms with van der Waals surface area (Å²) in [6.07, 6.45) is -4.74. The average Bonchev–Trinajstić information content (AvgIpc) is 3.71. The molecule has 0 fully saturated rings. The van der Waals surface area contributed by atoms with Crippen LogP contribution in [-0.4, -0.2) is 92.8 Å². The molecule has 0 radical (unpaired) electrons. The number of amides is 1. The lowest BCUT2D eigenvalue weighted by Crippen LogP contribution is -2.56. The van der Waals surface area contributed by atoms with Crippen LogP contribution in [0, 0.1) is 0 Å². The largest absolute Gasteiger partial charge is 0.462 e. The van der Waals surface area contributed by atoms with E-state index >= 15 is 0 Å². The molecule has 2 aromatic carbocycles. The minimum Gasteiger partial charge on any atom is -0.462 e. The first-order chi connectivity index (χ1) is 23.8. The van der Waals surface area contributed by atoms with Crippen LogP contribution in [0.25, 0.3) is 33.1 Å². The number of thioether (sulfide) groups is 1. The van der Waals surface area contributed by atoms with Crippen molar-refractivity contribution in [2.24, 2.45) is 5.10 Å². The Morgan fingerprint density at radius 3 is 2.30 bits per heavy atom. The number of hydrazone groups is 1. The Kier molecular flexibility index (Phi) is 10.8. The molecule has 18 heteroatoms. The summed E-state index contributed by atoms with van der Waals surface area (Å²) in [5.41, 5.74) is 0.509. The average molecular weight is 710 g/mol. The van der Waals surface area contributed by atoms with Gasteiger partial charge in [-0.25, -0.2) is 0 Å². The normalized spacial score (nSPS) is 15.8. The molecule has 0 saturated heterocycles.